The molecule has 2 heterocycles. The first-order valence-corrected chi connectivity index (χ1v) is 15.6. The maximum atomic E-state index is 13.1. The van der Waals surface area contributed by atoms with Gasteiger partial charge in [0.1, 0.15) is 11.8 Å². The second-order valence-electron chi connectivity index (χ2n) is 10.3. The van der Waals surface area contributed by atoms with Crippen LogP contribution in [0.4, 0.5) is 16.2 Å². The van der Waals surface area contributed by atoms with Crippen LogP contribution in [0.3, 0.4) is 0 Å². The van der Waals surface area contributed by atoms with E-state index in [9.17, 15) is 14.4 Å². The molecule has 0 aliphatic heterocycles. The van der Waals surface area contributed by atoms with E-state index in [0.717, 1.165) is 0 Å². The number of halogens is 3. The molecular weight excluding hydrogens is 671 g/mol. The average molecular weight is 706 g/mol. The summed E-state index contributed by atoms with van der Waals surface area (Å²) in [5, 5.41) is 6.25. The first-order valence-electron chi connectivity index (χ1n) is 14.5. The molecular formula is C32H35Cl3N6O6. The van der Waals surface area contributed by atoms with Crippen LogP contribution >= 0.6 is 34.8 Å². The van der Waals surface area contributed by atoms with E-state index in [-0.39, 0.29) is 24.1 Å². The molecule has 12 nitrogen and oxygen atoms in total. The standard InChI is InChI=1S/C32H35Cl3N6O6/c1-20-29(35)41-12-6-9-26(30(41)37-20)47-19-23-24(33)10-11-25(28(23)34)39(2)27(42)18-36-32(44)38-22-8-5-7-21(17-22)31(43)40(13-15-45-3)14-16-46-4/h5-12,17H,13-16,18-19H2,1-4H3,(H2,36,38,44). The van der Waals surface area contributed by atoms with Crippen molar-refractivity contribution in [3.8, 4) is 5.75 Å². The zero-order chi connectivity index (χ0) is 34.1. The molecule has 0 fully saturated rings. The number of ether oxygens (including phenoxy) is 3. The highest BCUT2D eigenvalue weighted by atomic mass is 35.5. The molecule has 4 aromatic rings. The van der Waals surface area contributed by atoms with Crippen molar-refractivity contribution in [2.45, 2.75) is 13.5 Å². The molecule has 0 atom stereocenters. The predicted molar refractivity (Wildman–Crippen MR) is 182 cm³/mol. The number of hydrogen-bond donors (Lipinski definition) is 2. The van der Waals surface area contributed by atoms with E-state index in [1.54, 1.807) is 85.2 Å². The van der Waals surface area contributed by atoms with Gasteiger partial charge in [-0.1, -0.05) is 40.9 Å². The Morgan fingerprint density at radius 3 is 2.40 bits per heavy atom. The molecule has 0 saturated heterocycles. The Balaban J connectivity index is 1.37. The number of benzene rings is 2. The van der Waals surface area contributed by atoms with Gasteiger partial charge in [-0.25, -0.2) is 9.78 Å². The molecule has 0 saturated carbocycles. The van der Waals surface area contributed by atoms with E-state index in [1.807, 2.05) is 0 Å². The summed E-state index contributed by atoms with van der Waals surface area (Å²) in [6.07, 6.45) is 1.78. The number of imidazole rings is 1. The van der Waals surface area contributed by atoms with Gasteiger partial charge in [0.25, 0.3) is 5.91 Å². The fourth-order valence-electron chi connectivity index (χ4n) is 4.58. The van der Waals surface area contributed by atoms with Gasteiger partial charge in [-0.3, -0.25) is 14.0 Å². The topological polar surface area (TPSA) is 127 Å². The van der Waals surface area contributed by atoms with Crippen LogP contribution in [0.25, 0.3) is 5.65 Å². The SMILES string of the molecule is COCCN(CCOC)C(=O)c1cccc(NC(=O)NCC(=O)N(C)c2ccc(Cl)c(COc3cccn4c(Cl)c(C)nc34)c2Cl)c1. The number of urea groups is 1. The van der Waals surface area contributed by atoms with Crippen molar-refractivity contribution in [1.82, 2.24) is 19.6 Å². The molecule has 2 N–H and O–H groups in total. The first-order chi connectivity index (χ1) is 22.5. The van der Waals surface area contributed by atoms with Crippen LogP contribution in [0.5, 0.6) is 5.75 Å². The summed E-state index contributed by atoms with van der Waals surface area (Å²) in [4.78, 5) is 46.2. The molecule has 0 bridgehead atoms. The van der Waals surface area contributed by atoms with Gasteiger partial charge >= 0.3 is 6.03 Å². The summed E-state index contributed by atoms with van der Waals surface area (Å²) in [6, 6.07) is 12.6. The molecule has 0 unspecified atom stereocenters. The Bertz CT molecular complexity index is 1740. The van der Waals surface area contributed by atoms with Gasteiger partial charge in [0, 0.05) is 62.4 Å². The maximum absolute atomic E-state index is 13.1. The highest BCUT2D eigenvalue weighted by Crippen LogP contribution is 2.35. The second-order valence-corrected chi connectivity index (χ2v) is 11.5. The van der Waals surface area contributed by atoms with Gasteiger partial charge in [-0.05, 0) is 49.4 Å². The fourth-order valence-corrected chi connectivity index (χ4v) is 5.37. The van der Waals surface area contributed by atoms with Gasteiger partial charge in [-0.15, -0.1) is 0 Å². The summed E-state index contributed by atoms with van der Waals surface area (Å²) >= 11 is 19.5. The van der Waals surface area contributed by atoms with Gasteiger partial charge in [0.2, 0.25) is 5.91 Å². The van der Waals surface area contributed by atoms with Crippen LogP contribution in [-0.2, 0) is 20.9 Å². The normalized spacial score (nSPS) is 11.0. The van der Waals surface area contributed by atoms with Crippen molar-refractivity contribution in [2.24, 2.45) is 0 Å². The number of rotatable bonds is 14. The minimum atomic E-state index is -0.633. The third kappa shape index (κ3) is 8.85. The minimum Gasteiger partial charge on any atom is -0.485 e. The number of nitrogens with zero attached hydrogens (tertiary/aromatic N) is 4. The Morgan fingerprint density at radius 2 is 1.70 bits per heavy atom. The highest BCUT2D eigenvalue weighted by Gasteiger charge is 2.21. The van der Waals surface area contributed by atoms with Gasteiger partial charge in [0.05, 0.1) is 36.2 Å². The Kier molecular flexibility index (Phi) is 12.7. The van der Waals surface area contributed by atoms with E-state index in [1.165, 1.54) is 11.9 Å². The van der Waals surface area contributed by atoms with Crippen LogP contribution in [0.2, 0.25) is 15.2 Å². The summed E-state index contributed by atoms with van der Waals surface area (Å²) in [5.74, 6) is -0.203. The van der Waals surface area contributed by atoms with Crippen molar-refractivity contribution in [3.63, 3.8) is 0 Å². The first kappa shape index (κ1) is 35.8. The van der Waals surface area contributed by atoms with E-state index in [0.29, 0.717) is 76.1 Å². The van der Waals surface area contributed by atoms with Gasteiger partial charge in [0.15, 0.2) is 11.4 Å². The van der Waals surface area contributed by atoms with Crippen LogP contribution in [0.1, 0.15) is 21.6 Å². The number of fused-ring (bicyclic) bond motifs is 1. The molecule has 250 valence electrons. The van der Waals surface area contributed by atoms with E-state index in [2.05, 4.69) is 15.6 Å². The quantitative estimate of drug-likeness (QED) is 0.172. The third-order valence-electron chi connectivity index (χ3n) is 7.17. The molecule has 2 aromatic heterocycles. The lowest BCUT2D eigenvalue weighted by Gasteiger charge is -2.22. The Labute approximate surface area is 287 Å². The molecule has 0 aliphatic rings. The zero-order valence-electron chi connectivity index (χ0n) is 26.3. The van der Waals surface area contributed by atoms with Crippen LogP contribution < -0.4 is 20.3 Å². The van der Waals surface area contributed by atoms with E-state index >= 15 is 0 Å². The lowest BCUT2D eigenvalue weighted by Crippen LogP contribution is -2.40. The lowest BCUT2D eigenvalue weighted by molar-refractivity contribution is -0.117. The molecule has 15 heteroatoms. The van der Waals surface area contributed by atoms with E-state index < -0.39 is 11.9 Å². The van der Waals surface area contributed by atoms with Crippen LogP contribution in [0.15, 0.2) is 54.7 Å². The van der Waals surface area contributed by atoms with Crippen LogP contribution in [-0.4, -0.2) is 86.2 Å². The number of likely N-dealkylation sites (N-methyl/N-ethyl adjacent to an activating group) is 1. The number of carbonyl (C=O) groups is 3. The van der Waals surface area contributed by atoms with Crippen molar-refractivity contribution in [3.05, 3.63) is 86.7 Å². The fraction of sp³-hybridized carbons (Fsp3) is 0.312. The summed E-state index contributed by atoms with van der Waals surface area (Å²) in [6.45, 7) is 2.96. The average Bonchev–Trinajstić information content (AvgIpc) is 3.36. The Morgan fingerprint density at radius 1 is 0.979 bits per heavy atom. The van der Waals surface area contributed by atoms with Gasteiger partial charge in [-0.2, -0.15) is 0 Å². The maximum Gasteiger partial charge on any atom is 0.319 e. The number of aromatic nitrogens is 2. The molecule has 4 amide bonds. The summed E-state index contributed by atoms with van der Waals surface area (Å²) in [5.41, 5.74) is 2.79. The Hall–Kier alpha value is -4.07. The number of methoxy groups -OCH3 is 2. The largest absolute Gasteiger partial charge is 0.485 e. The van der Waals surface area contributed by atoms with Gasteiger partial charge < -0.3 is 34.6 Å². The highest BCUT2D eigenvalue weighted by molar-refractivity contribution is 6.38. The van der Waals surface area contributed by atoms with Crippen LogP contribution in [0, 0.1) is 6.92 Å². The lowest BCUT2D eigenvalue weighted by atomic mass is 10.1. The van der Waals surface area contributed by atoms with Crippen molar-refractivity contribution in [1.29, 1.82) is 0 Å². The molecule has 47 heavy (non-hydrogen) atoms. The molecule has 0 radical (unpaired) electrons. The van der Waals surface area contributed by atoms with Crippen molar-refractivity contribution in [2.75, 3.05) is 64.3 Å². The predicted octanol–water partition coefficient (Wildman–Crippen LogP) is 5.70. The number of nitrogens with one attached hydrogen (secondary N) is 2. The summed E-state index contributed by atoms with van der Waals surface area (Å²) < 4.78 is 18.0. The summed E-state index contributed by atoms with van der Waals surface area (Å²) in [7, 11) is 4.65. The van der Waals surface area contributed by atoms with Crippen molar-refractivity contribution >= 4 is 69.7 Å². The van der Waals surface area contributed by atoms with Crippen molar-refractivity contribution < 1.29 is 28.6 Å². The number of carbonyl (C=O) groups excluding carboxylic acids is 3. The zero-order valence-corrected chi connectivity index (χ0v) is 28.6. The monoisotopic (exact) mass is 704 g/mol. The number of aryl methyl sites for hydroxylation is 1. The molecule has 4 rings (SSSR count). The third-order valence-corrected chi connectivity index (χ3v) is 8.40. The minimum absolute atomic E-state index is 0.00448. The number of amides is 4. The molecule has 0 spiro atoms. The molecule has 2 aromatic carbocycles. The number of anilines is 2. The second kappa shape index (κ2) is 16.7. The molecule has 0 aliphatic carbocycles. The van der Waals surface area contributed by atoms with E-state index in [4.69, 9.17) is 49.0 Å². The smallest absolute Gasteiger partial charge is 0.319 e. The number of pyridine rings is 1. The number of hydrogen-bond acceptors (Lipinski definition) is 7.